The lowest BCUT2D eigenvalue weighted by Crippen LogP contribution is -2.15. The summed E-state index contributed by atoms with van der Waals surface area (Å²) in [6.07, 6.45) is 3.72. The van der Waals surface area contributed by atoms with E-state index in [9.17, 15) is 9.18 Å². The van der Waals surface area contributed by atoms with Crippen molar-refractivity contribution in [2.24, 2.45) is 0 Å². The molecule has 2 rings (SSSR count). The number of aromatic nitrogens is 3. The maximum Gasteiger partial charge on any atom is 0.259 e. The Morgan fingerprint density at radius 1 is 1.33 bits per heavy atom. The van der Waals surface area contributed by atoms with Gasteiger partial charge in [0.2, 0.25) is 0 Å². The average Bonchev–Trinajstić information content (AvgIpc) is 2.33. The summed E-state index contributed by atoms with van der Waals surface area (Å²) in [5.41, 5.74) is -0.110. The van der Waals surface area contributed by atoms with Gasteiger partial charge in [-0.15, -0.1) is 0 Å². The zero-order valence-corrected chi connectivity index (χ0v) is 11.9. The average molecular weight is 376 g/mol. The molecule has 5 nitrogen and oxygen atoms in total. The van der Waals surface area contributed by atoms with Crippen LogP contribution >= 0.6 is 31.9 Å². The highest BCUT2D eigenvalue weighted by Crippen LogP contribution is 2.20. The minimum atomic E-state index is -0.698. The van der Waals surface area contributed by atoms with Crippen molar-refractivity contribution in [3.8, 4) is 0 Å². The quantitative estimate of drug-likeness (QED) is 0.876. The van der Waals surface area contributed by atoms with Gasteiger partial charge in [0, 0.05) is 6.20 Å². The molecule has 1 amide bonds. The summed E-state index contributed by atoms with van der Waals surface area (Å²) in [5.74, 6) is -1.11. The minimum absolute atomic E-state index is 0.110. The van der Waals surface area contributed by atoms with E-state index in [1.165, 1.54) is 18.5 Å². The standard InChI is InChI=1S/C10H5Br2FN4O/c11-7-4-15-9(8(12)16-7)17-10(18)5-1-2-14-3-6(5)13/h1-4H,(H,15,17,18). The van der Waals surface area contributed by atoms with Crippen LogP contribution in [0.4, 0.5) is 10.2 Å². The third-order valence-electron chi connectivity index (χ3n) is 1.95. The van der Waals surface area contributed by atoms with Gasteiger partial charge in [-0.3, -0.25) is 9.78 Å². The van der Waals surface area contributed by atoms with Gasteiger partial charge in [0.25, 0.3) is 5.91 Å². The van der Waals surface area contributed by atoms with E-state index >= 15 is 0 Å². The van der Waals surface area contributed by atoms with Gasteiger partial charge in [-0.05, 0) is 37.9 Å². The lowest BCUT2D eigenvalue weighted by Gasteiger charge is -2.06. The molecule has 2 heterocycles. The van der Waals surface area contributed by atoms with Crippen molar-refractivity contribution >= 4 is 43.6 Å². The van der Waals surface area contributed by atoms with Gasteiger partial charge in [-0.2, -0.15) is 0 Å². The molecule has 2 aromatic heterocycles. The number of rotatable bonds is 2. The van der Waals surface area contributed by atoms with Crippen LogP contribution in [0.15, 0.2) is 33.9 Å². The van der Waals surface area contributed by atoms with Gasteiger partial charge >= 0.3 is 0 Å². The molecule has 0 aliphatic carbocycles. The summed E-state index contributed by atoms with van der Waals surface area (Å²) >= 11 is 6.28. The maximum absolute atomic E-state index is 13.3. The first-order valence-corrected chi connectivity index (χ1v) is 6.25. The Balaban J connectivity index is 2.24. The number of nitrogens with one attached hydrogen (secondary N) is 1. The summed E-state index contributed by atoms with van der Waals surface area (Å²) < 4.78 is 14.2. The highest BCUT2D eigenvalue weighted by atomic mass is 79.9. The zero-order chi connectivity index (χ0) is 13.1. The number of pyridine rings is 1. The number of carbonyl (C=O) groups is 1. The van der Waals surface area contributed by atoms with Crippen LogP contribution in [0.25, 0.3) is 0 Å². The highest BCUT2D eigenvalue weighted by molar-refractivity contribution is 9.11. The van der Waals surface area contributed by atoms with Crippen LogP contribution in [0.1, 0.15) is 10.4 Å². The minimum Gasteiger partial charge on any atom is -0.304 e. The number of halogens is 3. The predicted octanol–water partition coefficient (Wildman–Crippen LogP) is 2.79. The Morgan fingerprint density at radius 2 is 2.11 bits per heavy atom. The Bertz CT molecular complexity index is 608. The highest BCUT2D eigenvalue weighted by Gasteiger charge is 2.14. The molecule has 2 aromatic rings. The molecule has 0 aromatic carbocycles. The molecule has 0 saturated carbocycles. The number of nitrogens with zero attached hydrogens (tertiary/aromatic N) is 3. The number of hydrogen-bond acceptors (Lipinski definition) is 4. The first kappa shape index (κ1) is 13.0. The first-order chi connectivity index (χ1) is 8.58. The van der Waals surface area contributed by atoms with E-state index in [4.69, 9.17) is 0 Å². The third-order valence-corrected chi connectivity index (χ3v) is 2.88. The molecule has 0 aliphatic heterocycles. The van der Waals surface area contributed by atoms with Crippen molar-refractivity contribution < 1.29 is 9.18 Å². The molecular weight excluding hydrogens is 371 g/mol. The number of hydrogen-bond donors (Lipinski definition) is 1. The van der Waals surface area contributed by atoms with Crippen LogP contribution in [-0.4, -0.2) is 20.9 Å². The second kappa shape index (κ2) is 5.49. The third kappa shape index (κ3) is 2.88. The van der Waals surface area contributed by atoms with Crippen LogP contribution in [0.3, 0.4) is 0 Å². The van der Waals surface area contributed by atoms with Gasteiger partial charge < -0.3 is 5.32 Å². The van der Waals surface area contributed by atoms with E-state index in [-0.39, 0.29) is 11.4 Å². The largest absolute Gasteiger partial charge is 0.304 e. The van der Waals surface area contributed by atoms with Crippen molar-refractivity contribution in [1.29, 1.82) is 0 Å². The molecule has 0 saturated heterocycles. The SMILES string of the molecule is O=C(Nc1ncc(Br)nc1Br)c1ccncc1F. The molecule has 0 aliphatic rings. The molecule has 0 atom stereocenters. The fourth-order valence-corrected chi connectivity index (χ4v) is 2.07. The van der Waals surface area contributed by atoms with Crippen LogP contribution < -0.4 is 5.32 Å². The lowest BCUT2D eigenvalue weighted by molar-refractivity contribution is 0.102. The predicted molar refractivity (Wildman–Crippen MR) is 69.6 cm³/mol. The van der Waals surface area contributed by atoms with Crippen LogP contribution in [0.2, 0.25) is 0 Å². The fraction of sp³-hybridized carbons (Fsp3) is 0. The zero-order valence-electron chi connectivity index (χ0n) is 8.69. The van der Waals surface area contributed by atoms with E-state index in [2.05, 4.69) is 52.1 Å². The molecular formula is C10H5Br2FN4O. The molecule has 8 heteroatoms. The summed E-state index contributed by atoms with van der Waals surface area (Å²) in [5, 5.41) is 2.45. The van der Waals surface area contributed by atoms with Gasteiger partial charge in [-0.25, -0.2) is 14.4 Å². The van der Waals surface area contributed by atoms with E-state index in [0.717, 1.165) is 6.20 Å². The second-order valence-electron chi connectivity index (χ2n) is 3.14. The molecule has 1 N–H and O–H groups in total. The summed E-state index contributed by atoms with van der Waals surface area (Å²) in [7, 11) is 0. The smallest absolute Gasteiger partial charge is 0.259 e. The Morgan fingerprint density at radius 3 is 2.78 bits per heavy atom. The summed E-state index contributed by atoms with van der Waals surface area (Å²) in [6.45, 7) is 0. The number of carbonyl (C=O) groups excluding carboxylic acids is 1. The normalized spacial score (nSPS) is 10.2. The van der Waals surface area contributed by atoms with Gasteiger partial charge in [-0.1, -0.05) is 0 Å². The fourth-order valence-electron chi connectivity index (χ4n) is 1.16. The topological polar surface area (TPSA) is 67.8 Å². The molecule has 0 bridgehead atoms. The van der Waals surface area contributed by atoms with Crippen molar-refractivity contribution in [2.45, 2.75) is 0 Å². The van der Waals surface area contributed by atoms with Crippen molar-refractivity contribution in [3.63, 3.8) is 0 Å². The Hall–Kier alpha value is -1.41. The lowest BCUT2D eigenvalue weighted by atomic mass is 10.2. The number of amides is 1. The Kier molecular flexibility index (Phi) is 3.97. The van der Waals surface area contributed by atoms with Gasteiger partial charge in [0.15, 0.2) is 11.6 Å². The molecule has 0 fully saturated rings. The van der Waals surface area contributed by atoms with E-state index in [1.54, 1.807) is 0 Å². The van der Waals surface area contributed by atoms with E-state index < -0.39 is 11.7 Å². The van der Waals surface area contributed by atoms with Crippen molar-refractivity contribution in [1.82, 2.24) is 15.0 Å². The summed E-state index contributed by atoms with van der Waals surface area (Å²) in [6, 6.07) is 1.28. The second-order valence-corrected chi connectivity index (χ2v) is 4.71. The molecule has 92 valence electrons. The van der Waals surface area contributed by atoms with Gasteiger partial charge in [0.1, 0.15) is 9.21 Å². The van der Waals surface area contributed by atoms with E-state index in [0.29, 0.717) is 9.21 Å². The summed E-state index contributed by atoms with van der Waals surface area (Å²) in [4.78, 5) is 23.3. The molecule has 0 unspecified atom stereocenters. The number of anilines is 1. The molecule has 18 heavy (non-hydrogen) atoms. The van der Waals surface area contributed by atoms with Crippen molar-refractivity contribution in [2.75, 3.05) is 5.32 Å². The van der Waals surface area contributed by atoms with Crippen LogP contribution in [-0.2, 0) is 0 Å². The van der Waals surface area contributed by atoms with Crippen molar-refractivity contribution in [3.05, 3.63) is 45.2 Å². The molecule has 0 spiro atoms. The van der Waals surface area contributed by atoms with E-state index in [1.807, 2.05) is 0 Å². The van der Waals surface area contributed by atoms with Crippen LogP contribution in [0.5, 0.6) is 0 Å². The Labute approximate surface area is 118 Å². The monoisotopic (exact) mass is 374 g/mol. The molecule has 0 radical (unpaired) electrons. The first-order valence-electron chi connectivity index (χ1n) is 4.67. The maximum atomic E-state index is 13.3. The van der Waals surface area contributed by atoms with Crippen LogP contribution in [0, 0.1) is 5.82 Å². The van der Waals surface area contributed by atoms with Gasteiger partial charge in [0.05, 0.1) is 18.0 Å².